The van der Waals surface area contributed by atoms with Crippen LogP contribution in [0.3, 0.4) is 0 Å². The van der Waals surface area contributed by atoms with Gasteiger partial charge in [0.15, 0.2) is 0 Å². The van der Waals surface area contributed by atoms with Gasteiger partial charge in [-0.15, -0.1) is 0 Å². The minimum Gasteiger partial charge on any atom is -0.394 e. The van der Waals surface area contributed by atoms with Crippen molar-refractivity contribution in [3.05, 3.63) is 24.3 Å². The van der Waals surface area contributed by atoms with Gasteiger partial charge in [-0.3, -0.25) is 4.79 Å². The van der Waals surface area contributed by atoms with Crippen molar-refractivity contribution in [2.75, 3.05) is 6.61 Å². The Bertz CT molecular complexity index is 1050. The van der Waals surface area contributed by atoms with Gasteiger partial charge in [0.2, 0.25) is 5.91 Å². The number of aliphatic hydroxyl groups is 4. The minimum atomic E-state index is -1.26. The highest BCUT2D eigenvalue weighted by Gasteiger charge is 2.28. The Hall–Kier alpha value is -1.21. The second kappa shape index (κ2) is 57.7. The lowest BCUT2D eigenvalue weighted by Gasteiger charge is -2.27. The van der Waals surface area contributed by atoms with Crippen LogP contribution >= 0.6 is 0 Å². The molecule has 0 aromatic heterocycles. The average Bonchev–Trinajstić information content (AvgIpc) is 3.35. The molecular formula is C63H123NO5. The van der Waals surface area contributed by atoms with E-state index >= 15 is 0 Å². The largest absolute Gasteiger partial charge is 0.394 e. The topological polar surface area (TPSA) is 110 Å². The zero-order chi connectivity index (χ0) is 50.2. The Morgan fingerprint density at radius 1 is 0.362 bits per heavy atom. The number of allylic oxidation sites excluding steroid dienone is 4. The highest BCUT2D eigenvalue weighted by atomic mass is 16.3. The van der Waals surface area contributed by atoms with E-state index in [1.54, 1.807) is 0 Å². The van der Waals surface area contributed by atoms with Crippen LogP contribution in [-0.2, 0) is 4.79 Å². The van der Waals surface area contributed by atoms with Crippen LogP contribution in [0.25, 0.3) is 0 Å². The molecule has 0 spiro atoms. The average molecular weight is 975 g/mol. The normalized spacial score (nSPS) is 13.8. The molecule has 0 aliphatic heterocycles. The van der Waals surface area contributed by atoms with Crippen molar-refractivity contribution in [2.24, 2.45) is 0 Å². The van der Waals surface area contributed by atoms with Gasteiger partial charge in [0.25, 0.3) is 0 Å². The van der Waals surface area contributed by atoms with Crippen molar-refractivity contribution in [2.45, 2.75) is 366 Å². The number of rotatable bonds is 58. The highest BCUT2D eigenvalue weighted by Crippen LogP contribution is 2.19. The van der Waals surface area contributed by atoms with E-state index < -0.39 is 36.9 Å². The number of amides is 1. The van der Waals surface area contributed by atoms with Gasteiger partial charge in [0.05, 0.1) is 18.8 Å². The zero-order valence-electron chi connectivity index (χ0n) is 46.6. The fourth-order valence-corrected chi connectivity index (χ4v) is 10.0. The first kappa shape index (κ1) is 67.8. The van der Waals surface area contributed by atoms with Gasteiger partial charge in [-0.2, -0.15) is 0 Å². The molecule has 410 valence electrons. The summed E-state index contributed by atoms with van der Waals surface area (Å²) in [6.07, 6.45) is 71.3. The molecule has 0 aliphatic rings. The SMILES string of the molecule is CCCCCCCCCCCCC/C=C\C/C=C\CCCCCCCCCCCCCCCCCCC(O)C(=O)NC(CO)C(O)C(O)CCCCCCCCCCCCCCCCCCCCC. The predicted molar refractivity (Wildman–Crippen MR) is 302 cm³/mol. The number of unbranched alkanes of at least 4 members (excludes halogenated alkanes) is 45. The summed E-state index contributed by atoms with van der Waals surface area (Å²) < 4.78 is 0. The van der Waals surface area contributed by atoms with E-state index in [1.807, 2.05) is 0 Å². The Morgan fingerprint density at radius 2 is 0.623 bits per heavy atom. The molecule has 0 saturated carbocycles. The molecule has 1 amide bonds. The second-order valence-electron chi connectivity index (χ2n) is 21.8. The third-order valence-electron chi connectivity index (χ3n) is 14.9. The van der Waals surface area contributed by atoms with Crippen LogP contribution in [0.15, 0.2) is 24.3 Å². The molecule has 4 unspecified atom stereocenters. The Kier molecular flexibility index (Phi) is 56.7. The van der Waals surface area contributed by atoms with Gasteiger partial charge in [-0.25, -0.2) is 0 Å². The predicted octanol–water partition coefficient (Wildman–Crippen LogP) is 18.6. The summed E-state index contributed by atoms with van der Waals surface area (Å²) in [6, 6.07) is -0.984. The third kappa shape index (κ3) is 51.5. The quantitative estimate of drug-likeness (QED) is 0.0308. The van der Waals surface area contributed by atoms with Gasteiger partial charge in [-0.05, 0) is 44.9 Å². The van der Waals surface area contributed by atoms with E-state index in [0.717, 1.165) is 44.9 Å². The second-order valence-corrected chi connectivity index (χ2v) is 21.8. The molecule has 0 radical (unpaired) electrons. The van der Waals surface area contributed by atoms with Crippen LogP contribution in [0, 0.1) is 0 Å². The van der Waals surface area contributed by atoms with E-state index in [1.165, 1.54) is 270 Å². The molecule has 0 saturated heterocycles. The van der Waals surface area contributed by atoms with E-state index in [0.29, 0.717) is 12.8 Å². The minimum absolute atomic E-state index is 0.372. The van der Waals surface area contributed by atoms with E-state index in [-0.39, 0.29) is 0 Å². The summed E-state index contributed by atoms with van der Waals surface area (Å²) in [4.78, 5) is 12.6. The van der Waals surface area contributed by atoms with Gasteiger partial charge in [0.1, 0.15) is 12.2 Å². The van der Waals surface area contributed by atoms with Crippen LogP contribution in [0.1, 0.15) is 341 Å². The van der Waals surface area contributed by atoms with Crippen molar-refractivity contribution < 1.29 is 25.2 Å². The van der Waals surface area contributed by atoms with Crippen molar-refractivity contribution in [3.8, 4) is 0 Å². The van der Waals surface area contributed by atoms with Crippen LogP contribution < -0.4 is 5.32 Å². The maximum absolute atomic E-state index is 12.6. The maximum Gasteiger partial charge on any atom is 0.249 e. The maximum atomic E-state index is 12.6. The molecule has 0 bridgehead atoms. The van der Waals surface area contributed by atoms with Crippen LogP contribution in [0.5, 0.6) is 0 Å². The van der Waals surface area contributed by atoms with E-state index in [2.05, 4.69) is 43.5 Å². The molecule has 0 rings (SSSR count). The van der Waals surface area contributed by atoms with E-state index in [4.69, 9.17) is 0 Å². The number of hydrogen-bond acceptors (Lipinski definition) is 5. The van der Waals surface area contributed by atoms with Gasteiger partial charge < -0.3 is 25.7 Å². The smallest absolute Gasteiger partial charge is 0.249 e. The molecular weight excluding hydrogens is 851 g/mol. The summed E-state index contributed by atoms with van der Waals surface area (Å²) in [5.41, 5.74) is 0. The van der Waals surface area contributed by atoms with Crippen molar-refractivity contribution in [3.63, 3.8) is 0 Å². The monoisotopic (exact) mass is 974 g/mol. The standard InChI is InChI=1S/C63H123NO5/c1-3-5-7-9-11-13-15-17-19-21-23-24-25-26-27-28-29-30-31-32-33-34-35-36-37-39-41-43-45-47-49-51-53-55-57-61(67)63(69)64-59(58-65)62(68)60(66)56-54-52-50-48-46-44-42-40-38-22-20-18-16-14-12-10-8-6-4-2/h25-26,28-29,59-62,65-68H,3-24,27,30-58H2,1-2H3,(H,64,69)/b26-25-,29-28-. The first-order valence-corrected chi connectivity index (χ1v) is 31.2. The molecule has 6 heteroatoms. The summed E-state index contributed by atoms with van der Waals surface area (Å²) in [6.45, 7) is 4.10. The van der Waals surface area contributed by atoms with E-state index in [9.17, 15) is 25.2 Å². The molecule has 5 N–H and O–H groups in total. The molecule has 6 nitrogen and oxygen atoms in total. The Balaban J connectivity index is 3.56. The molecule has 0 aromatic carbocycles. The lowest BCUT2D eigenvalue weighted by atomic mass is 9.99. The molecule has 0 aromatic rings. The molecule has 4 atom stereocenters. The number of carbonyl (C=O) groups is 1. The van der Waals surface area contributed by atoms with Crippen molar-refractivity contribution >= 4 is 5.91 Å². The molecule has 0 heterocycles. The third-order valence-corrected chi connectivity index (χ3v) is 14.9. The molecule has 0 aliphatic carbocycles. The van der Waals surface area contributed by atoms with Gasteiger partial charge in [-0.1, -0.05) is 321 Å². The van der Waals surface area contributed by atoms with Gasteiger partial charge in [0, 0.05) is 0 Å². The summed E-state index contributed by atoms with van der Waals surface area (Å²) in [5.74, 6) is -0.578. The summed E-state index contributed by atoms with van der Waals surface area (Å²) >= 11 is 0. The van der Waals surface area contributed by atoms with Crippen LogP contribution in [-0.4, -0.2) is 57.3 Å². The van der Waals surface area contributed by atoms with Crippen LogP contribution in [0.4, 0.5) is 0 Å². The lowest BCUT2D eigenvalue weighted by molar-refractivity contribution is -0.132. The molecule has 69 heavy (non-hydrogen) atoms. The van der Waals surface area contributed by atoms with Crippen molar-refractivity contribution in [1.29, 1.82) is 0 Å². The first-order valence-electron chi connectivity index (χ1n) is 31.2. The first-order chi connectivity index (χ1) is 34.0. The highest BCUT2D eigenvalue weighted by molar-refractivity contribution is 5.80. The number of hydrogen-bond donors (Lipinski definition) is 5. The Morgan fingerprint density at radius 3 is 0.913 bits per heavy atom. The fourth-order valence-electron chi connectivity index (χ4n) is 10.0. The van der Waals surface area contributed by atoms with Crippen LogP contribution in [0.2, 0.25) is 0 Å². The number of carbonyl (C=O) groups excluding carboxylic acids is 1. The molecule has 0 fully saturated rings. The Labute approximate surface area is 431 Å². The summed E-state index contributed by atoms with van der Waals surface area (Å²) in [7, 11) is 0. The number of aliphatic hydroxyl groups excluding tert-OH is 4. The van der Waals surface area contributed by atoms with Gasteiger partial charge >= 0.3 is 0 Å². The zero-order valence-corrected chi connectivity index (χ0v) is 46.6. The lowest BCUT2D eigenvalue weighted by Crippen LogP contribution is -2.53. The summed E-state index contributed by atoms with van der Waals surface area (Å²) in [5, 5.41) is 44.1. The van der Waals surface area contributed by atoms with Crippen molar-refractivity contribution in [1.82, 2.24) is 5.32 Å². The number of nitrogens with one attached hydrogen (secondary N) is 1. The fraction of sp³-hybridized carbons (Fsp3) is 0.921.